The Hall–Kier alpha value is -3.67. The van der Waals surface area contributed by atoms with Crippen molar-refractivity contribution in [3.8, 4) is 0 Å². The predicted octanol–water partition coefficient (Wildman–Crippen LogP) is 3.76. The van der Waals surface area contributed by atoms with Gasteiger partial charge in [0, 0.05) is 22.0 Å². The number of hydrogen-bond acceptors (Lipinski definition) is 6. The Morgan fingerprint density at radius 3 is 2.35 bits per heavy atom. The van der Waals surface area contributed by atoms with Gasteiger partial charge in [-0.3, -0.25) is 19.7 Å². The molecule has 3 rings (SSSR count). The summed E-state index contributed by atoms with van der Waals surface area (Å²) < 4.78 is 0. The van der Waals surface area contributed by atoms with Crippen molar-refractivity contribution in [1.82, 2.24) is 20.9 Å². The third kappa shape index (κ3) is 9.71. The highest BCUT2D eigenvalue weighted by molar-refractivity contribution is 7.13. The first-order chi connectivity index (χ1) is 17.7. The number of carbonyl (C=O) groups is 4. The van der Waals surface area contributed by atoms with Crippen molar-refractivity contribution in [2.45, 2.75) is 25.4 Å². The van der Waals surface area contributed by atoms with Crippen LogP contribution in [-0.4, -0.2) is 40.5 Å². The normalized spacial score (nSPS) is 11.3. The van der Waals surface area contributed by atoms with Crippen LogP contribution in [0.5, 0.6) is 0 Å². The number of thiazole rings is 1. The van der Waals surface area contributed by atoms with Crippen LogP contribution >= 0.6 is 34.5 Å². The number of urea groups is 1. The molecule has 1 heterocycles. The van der Waals surface area contributed by atoms with Crippen molar-refractivity contribution in [3.05, 3.63) is 80.8 Å². The number of anilines is 1. The molecular formula is C24H23Cl2N5O5S. The van der Waals surface area contributed by atoms with Crippen molar-refractivity contribution in [1.29, 1.82) is 0 Å². The zero-order chi connectivity index (χ0) is 26.8. The summed E-state index contributed by atoms with van der Waals surface area (Å²) in [7, 11) is 0. The van der Waals surface area contributed by atoms with Crippen LogP contribution in [0, 0.1) is 0 Å². The van der Waals surface area contributed by atoms with Gasteiger partial charge >= 0.3 is 12.0 Å². The lowest BCUT2D eigenvalue weighted by molar-refractivity contribution is -0.138. The topological polar surface area (TPSA) is 150 Å². The molecule has 0 aliphatic rings. The fourth-order valence-corrected chi connectivity index (χ4v) is 4.47. The van der Waals surface area contributed by atoms with Gasteiger partial charge in [-0.1, -0.05) is 53.5 Å². The maximum Gasteiger partial charge on any atom is 0.321 e. The molecule has 10 nitrogen and oxygen atoms in total. The third-order valence-electron chi connectivity index (χ3n) is 4.86. The van der Waals surface area contributed by atoms with Gasteiger partial charge in [-0.05, 0) is 29.3 Å². The van der Waals surface area contributed by atoms with Crippen LogP contribution < -0.4 is 21.3 Å². The van der Waals surface area contributed by atoms with Gasteiger partial charge in [0.25, 0.3) is 0 Å². The molecule has 1 unspecified atom stereocenters. The van der Waals surface area contributed by atoms with Crippen LogP contribution in [0.4, 0.5) is 9.93 Å². The molecule has 0 aliphatic carbocycles. The van der Waals surface area contributed by atoms with E-state index in [1.54, 1.807) is 5.38 Å². The van der Waals surface area contributed by atoms with E-state index in [4.69, 9.17) is 23.2 Å². The van der Waals surface area contributed by atoms with Crippen LogP contribution in [0.15, 0.2) is 53.9 Å². The SMILES string of the molecule is O=C(O)CC(NC(=O)CNC(=O)Cc1csc(NC(=O)NCc2ccccc2)n1)c1cc(Cl)cc(Cl)c1. The van der Waals surface area contributed by atoms with Crippen LogP contribution in [0.2, 0.25) is 10.0 Å². The lowest BCUT2D eigenvalue weighted by Crippen LogP contribution is -2.39. The summed E-state index contributed by atoms with van der Waals surface area (Å²) in [6.07, 6.45) is -0.510. The number of carboxylic acids is 1. The molecule has 0 bridgehead atoms. The molecule has 3 aromatic rings. The van der Waals surface area contributed by atoms with Crippen molar-refractivity contribution < 1.29 is 24.3 Å². The fraction of sp³-hybridized carbons (Fsp3) is 0.208. The number of nitrogens with zero attached hydrogens (tertiary/aromatic N) is 1. The van der Waals surface area contributed by atoms with Gasteiger partial charge in [0.1, 0.15) is 0 Å². The lowest BCUT2D eigenvalue weighted by atomic mass is 10.0. The van der Waals surface area contributed by atoms with Gasteiger partial charge in [0.2, 0.25) is 11.8 Å². The number of aliphatic carboxylic acids is 1. The van der Waals surface area contributed by atoms with Crippen molar-refractivity contribution in [2.75, 3.05) is 11.9 Å². The van der Waals surface area contributed by atoms with Gasteiger partial charge < -0.3 is 21.1 Å². The lowest BCUT2D eigenvalue weighted by Gasteiger charge is -2.18. The second kappa shape index (κ2) is 13.6. The highest BCUT2D eigenvalue weighted by atomic mass is 35.5. The molecular weight excluding hydrogens is 541 g/mol. The predicted molar refractivity (Wildman–Crippen MR) is 141 cm³/mol. The molecule has 194 valence electrons. The fourth-order valence-electron chi connectivity index (χ4n) is 3.22. The van der Waals surface area contributed by atoms with E-state index in [0.717, 1.165) is 16.9 Å². The summed E-state index contributed by atoms with van der Waals surface area (Å²) in [4.78, 5) is 52.2. The first-order valence-corrected chi connectivity index (χ1v) is 12.6. The molecule has 2 aromatic carbocycles. The van der Waals surface area contributed by atoms with E-state index in [0.29, 0.717) is 33.0 Å². The number of nitrogens with one attached hydrogen (secondary N) is 4. The maximum atomic E-state index is 12.4. The van der Waals surface area contributed by atoms with Crippen LogP contribution in [-0.2, 0) is 27.3 Å². The van der Waals surface area contributed by atoms with E-state index in [2.05, 4.69) is 26.3 Å². The summed E-state index contributed by atoms with van der Waals surface area (Å²) in [6.45, 7) is -0.0204. The minimum absolute atomic E-state index is 0.112. The Kier molecular flexibility index (Phi) is 10.2. The molecule has 0 saturated carbocycles. The Balaban J connectivity index is 1.45. The Labute approximate surface area is 226 Å². The average molecular weight is 564 g/mol. The van der Waals surface area contributed by atoms with E-state index < -0.39 is 36.3 Å². The first-order valence-electron chi connectivity index (χ1n) is 10.9. The van der Waals surface area contributed by atoms with Crippen molar-refractivity contribution >= 4 is 63.5 Å². The average Bonchev–Trinajstić information content (AvgIpc) is 3.27. The highest BCUT2D eigenvalue weighted by Gasteiger charge is 2.20. The second-order valence-electron chi connectivity index (χ2n) is 7.81. The molecule has 0 radical (unpaired) electrons. The number of carbonyl (C=O) groups excluding carboxylic acids is 3. The number of amides is 4. The molecule has 4 amide bonds. The third-order valence-corrected chi connectivity index (χ3v) is 6.10. The van der Waals surface area contributed by atoms with Gasteiger partial charge in [-0.25, -0.2) is 9.78 Å². The summed E-state index contributed by atoms with van der Waals surface area (Å²) in [5, 5.41) is 22.1. The van der Waals surface area contributed by atoms with E-state index in [-0.39, 0.29) is 13.0 Å². The number of carboxylic acid groups (broad SMARTS) is 1. The summed E-state index contributed by atoms with van der Waals surface area (Å²) >= 11 is 13.1. The standard InChI is InChI=1S/C24H23Cl2N5O5S/c25-16-6-15(7-17(26)8-16)19(10-22(34)35)30-21(33)12-27-20(32)9-18-13-37-24(29-18)31-23(36)28-11-14-4-2-1-3-5-14/h1-8,13,19H,9-12H2,(H,27,32)(H,30,33)(H,34,35)(H2,28,29,31,36). The monoisotopic (exact) mass is 563 g/mol. The molecule has 0 aliphatic heterocycles. The van der Waals surface area contributed by atoms with Crippen molar-refractivity contribution in [2.24, 2.45) is 0 Å². The molecule has 0 fully saturated rings. The van der Waals surface area contributed by atoms with Gasteiger partial charge in [0.05, 0.1) is 31.1 Å². The summed E-state index contributed by atoms with van der Waals surface area (Å²) in [5.41, 5.74) is 1.79. The van der Waals surface area contributed by atoms with Crippen molar-refractivity contribution in [3.63, 3.8) is 0 Å². The molecule has 1 atom stereocenters. The Bertz CT molecular complexity index is 1250. The number of rotatable bonds is 11. The Morgan fingerprint density at radius 2 is 1.68 bits per heavy atom. The zero-order valence-corrected chi connectivity index (χ0v) is 21.6. The van der Waals surface area contributed by atoms with Gasteiger partial charge in [-0.2, -0.15) is 0 Å². The molecule has 5 N–H and O–H groups in total. The quantitative estimate of drug-likeness (QED) is 0.239. The van der Waals surface area contributed by atoms with E-state index in [9.17, 15) is 24.3 Å². The van der Waals surface area contributed by atoms with Crippen LogP contribution in [0.3, 0.4) is 0 Å². The van der Waals surface area contributed by atoms with E-state index in [1.165, 1.54) is 18.2 Å². The van der Waals surface area contributed by atoms with E-state index in [1.807, 2.05) is 30.3 Å². The molecule has 1 aromatic heterocycles. The summed E-state index contributed by atoms with van der Waals surface area (Å²) in [6, 6.07) is 12.6. The number of halogens is 2. The minimum atomic E-state index is -1.13. The molecule has 0 saturated heterocycles. The first kappa shape index (κ1) is 27.9. The largest absolute Gasteiger partial charge is 0.481 e. The Morgan fingerprint density at radius 1 is 0.973 bits per heavy atom. The molecule has 13 heteroatoms. The van der Waals surface area contributed by atoms with Gasteiger partial charge in [-0.15, -0.1) is 11.3 Å². The number of benzene rings is 2. The smallest absolute Gasteiger partial charge is 0.321 e. The van der Waals surface area contributed by atoms with Crippen LogP contribution in [0.25, 0.3) is 0 Å². The van der Waals surface area contributed by atoms with E-state index >= 15 is 0 Å². The second-order valence-corrected chi connectivity index (χ2v) is 9.54. The minimum Gasteiger partial charge on any atom is -0.481 e. The summed E-state index contributed by atoms with van der Waals surface area (Å²) in [5.74, 6) is -2.19. The molecule has 37 heavy (non-hydrogen) atoms. The maximum absolute atomic E-state index is 12.4. The number of hydrogen-bond donors (Lipinski definition) is 5. The van der Waals surface area contributed by atoms with Gasteiger partial charge in [0.15, 0.2) is 5.13 Å². The zero-order valence-electron chi connectivity index (χ0n) is 19.3. The number of aromatic nitrogens is 1. The highest BCUT2D eigenvalue weighted by Crippen LogP contribution is 2.25. The molecule has 0 spiro atoms. The van der Waals surface area contributed by atoms with Crippen LogP contribution in [0.1, 0.15) is 29.3 Å².